The summed E-state index contributed by atoms with van der Waals surface area (Å²) in [6.45, 7) is 1.55. The highest BCUT2D eigenvalue weighted by molar-refractivity contribution is 6.07. The highest BCUT2D eigenvalue weighted by atomic mass is 16.5. The first-order valence-corrected chi connectivity index (χ1v) is 12.1. The second-order valence-corrected chi connectivity index (χ2v) is 9.31. The Labute approximate surface area is 203 Å². The number of hydrogen-bond donors (Lipinski definition) is 1. The van der Waals surface area contributed by atoms with Crippen LogP contribution >= 0.6 is 0 Å². The van der Waals surface area contributed by atoms with Gasteiger partial charge in [-0.1, -0.05) is 37.5 Å². The average Bonchev–Trinajstić information content (AvgIpc) is 3.53. The predicted molar refractivity (Wildman–Crippen MR) is 131 cm³/mol. The fraction of sp³-hybridized carbons (Fsp3) is 0.357. The van der Waals surface area contributed by atoms with Gasteiger partial charge in [-0.2, -0.15) is 5.26 Å². The molecule has 0 saturated heterocycles. The van der Waals surface area contributed by atoms with Crippen LogP contribution in [0.3, 0.4) is 0 Å². The average molecular weight is 470 g/mol. The Kier molecular flexibility index (Phi) is 6.12. The van der Waals surface area contributed by atoms with Gasteiger partial charge in [0.25, 0.3) is 5.91 Å². The zero-order valence-electron chi connectivity index (χ0n) is 19.7. The number of esters is 1. The molecule has 2 aliphatic carbocycles. The zero-order valence-corrected chi connectivity index (χ0v) is 19.7. The summed E-state index contributed by atoms with van der Waals surface area (Å²) >= 11 is 0. The van der Waals surface area contributed by atoms with Crippen LogP contribution in [0.4, 0.5) is 0 Å². The van der Waals surface area contributed by atoms with Crippen LogP contribution in [-0.2, 0) is 16.0 Å². The first kappa shape index (κ1) is 22.9. The highest BCUT2D eigenvalue weighted by Crippen LogP contribution is 2.38. The number of aromatic nitrogens is 1. The van der Waals surface area contributed by atoms with Crippen LogP contribution in [0.15, 0.2) is 47.1 Å². The van der Waals surface area contributed by atoms with E-state index in [2.05, 4.69) is 11.4 Å². The summed E-state index contributed by atoms with van der Waals surface area (Å²) in [6, 6.07) is 13.4. The van der Waals surface area contributed by atoms with E-state index < -0.39 is 23.5 Å². The summed E-state index contributed by atoms with van der Waals surface area (Å²) in [5.74, 6) is -0.280. The Morgan fingerprint density at radius 2 is 1.97 bits per heavy atom. The van der Waals surface area contributed by atoms with Gasteiger partial charge in [-0.05, 0) is 68.0 Å². The van der Waals surface area contributed by atoms with Crippen molar-refractivity contribution in [3.05, 3.63) is 65.2 Å². The lowest BCUT2D eigenvalue weighted by Crippen LogP contribution is -2.52. The van der Waals surface area contributed by atoms with E-state index in [1.165, 1.54) is 0 Å². The lowest BCUT2D eigenvalue weighted by molar-refractivity contribution is -0.130. The van der Waals surface area contributed by atoms with Crippen LogP contribution in [0.25, 0.3) is 22.6 Å². The second kappa shape index (κ2) is 9.38. The van der Waals surface area contributed by atoms with Crippen molar-refractivity contribution in [1.82, 2.24) is 10.3 Å². The Morgan fingerprint density at radius 1 is 1.17 bits per heavy atom. The SMILES string of the molecule is C[C@H](OC(=O)c1c2c(nc3ccccc13)/C(=C/c1ccco1)CC2)C(=O)NC1(C#N)CCCCC1. The number of benzene rings is 1. The number of furan rings is 1. The summed E-state index contributed by atoms with van der Waals surface area (Å²) in [6.07, 6.45) is 7.97. The molecular weight excluding hydrogens is 442 g/mol. The standard InChI is InChI=1S/C28H27N3O4/c1-18(26(32)31-28(17-29)13-5-2-6-14-28)35-27(33)24-21-9-3-4-10-23(21)30-25-19(11-12-22(24)25)16-20-8-7-15-34-20/h3-4,7-10,15-16,18H,2,5-6,11-14H2,1H3,(H,31,32)/b19-16+/t18-/m0/s1. The Hall–Kier alpha value is -3.92. The molecule has 0 spiro atoms. The largest absolute Gasteiger partial charge is 0.465 e. The summed E-state index contributed by atoms with van der Waals surface area (Å²) in [4.78, 5) is 31.2. The number of ether oxygens (including phenoxy) is 1. The van der Waals surface area contributed by atoms with Gasteiger partial charge < -0.3 is 14.5 Å². The number of rotatable bonds is 5. The van der Waals surface area contributed by atoms with Gasteiger partial charge in [0.05, 0.1) is 29.1 Å². The van der Waals surface area contributed by atoms with Gasteiger partial charge in [-0.25, -0.2) is 9.78 Å². The number of para-hydroxylation sites is 1. The predicted octanol–water partition coefficient (Wildman–Crippen LogP) is 5.20. The van der Waals surface area contributed by atoms with E-state index in [0.717, 1.165) is 48.3 Å². The molecule has 2 heterocycles. The lowest BCUT2D eigenvalue weighted by atomic mass is 9.83. The van der Waals surface area contributed by atoms with Gasteiger partial charge >= 0.3 is 5.97 Å². The number of carbonyl (C=O) groups excluding carboxylic acids is 2. The number of nitrogens with zero attached hydrogens (tertiary/aromatic N) is 2. The Bertz CT molecular complexity index is 1340. The van der Waals surface area contributed by atoms with Crippen LogP contribution in [0.5, 0.6) is 0 Å². The monoisotopic (exact) mass is 469 g/mol. The van der Waals surface area contributed by atoms with E-state index in [4.69, 9.17) is 14.1 Å². The van der Waals surface area contributed by atoms with E-state index in [0.29, 0.717) is 35.7 Å². The van der Waals surface area contributed by atoms with Crippen molar-refractivity contribution < 1.29 is 18.7 Å². The minimum absolute atomic E-state index is 0.445. The molecule has 178 valence electrons. The van der Waals surface area contributed by atoms with Gasteiger partial charge in [-0.3, -0.25) is 4.79 Å². The molecule has 2 aromatic heterocycles. The number of nitriles is 1. The number of pyridine rings is 1. The van der Waals surface area contributed by atoms with Gasteiger partial charge in [0.15, 0.2) is 6.10 Å². The molecule has 0 unspecified atom stereocenters. The summed E-state index contributed by atoms with van der Waals surface area (Å²) in [7, 11) is 0. The molecule has 1 N–H and O–H groups in total. The van der Waals surface area contributed by atoms with Crippen molar-refractivity contribution in [3.8, 4) is 6.07 Å². The maximum absolute atomic E-state index is 13.5. The summed E-state index contributed by atoms with van der Waals surface area (Å²) < 4.78 is 11.1. The van der Waals surface area contributed by atoms with E-state index >= 15 is 0 Å². The normalized spacial score (nSPS) is 18.6. The number of fused-ring (bicyclic) bond motifs is 2. The van der Waals surface area contributed by atoms with Crippen molar-refractivity contribution in [1.29, 1.82) is 5.26 Å². The molecule has 1 fully saturated rings. The molecule has 1 aromatic carbocycles. The molecule has 1 saturated carbocycles. The maximum Gasteiger partial charge on any atom is 0.339 e. The number of amides is 1. The smallest absolute Gasteiger partial charge is 0.339 e. The van der Waals surface area contributed by atoms with Crippen molar-refractivity contribution in [2.45, 2.75) is 63.5 Å². The molecule has 0 aliphatic heterocycles. The topological polar surface area (TPSA) is 105 Å². The number of nitrogens with one attached hydrogen (secondary N) is 1. The minimum atomic E-state index is -1.03. The van der Waals surface area contributed by atoms with Crippen molar-refractivity contribution in [3.63, 3.8) is 0 Å². The van der Waals surface area contributed by atoms with Crippen LogP contribution < -0.4 is 5.32 Å². The van der Waals surface area contributed by atoms with Crippen LogP contribution in [0.2, 0.25) is 0 Å². The van der Waals surface area contributed by atoms with Crippen LogP contribution in [-0.4, -0.2) is 28.5 Å². The fourth-order valence-electron chi connectivity index (χ4n) is 5.09. The van der Waals surface area contributed by atoms with E-state index in [1.807, 2.05) is 42.5 Å². The summed E-state index contributed by atoms with van der Waals surface area (Å²) in [5, 5.41) is 13.2. The van der Waals surface area contributed by atoms with E-state index in [-0.39, 0.29) is 0 Å². The van der Waals surface area contributed by atoms with E-state index in [1.54, 1.807) is 13.2 Å². The zero-order chi connectivity index (χ0) is 24.4. The van der Waals surface area contributed by atoms with Crippen molar-refractivity contribution in [2.75, 3.05) is 0 Å². The number of hydrogen-bond acceptors (Lipinski definition) is 6. The molecule has 1 atom stereocenters. The molecule has 0 radical (unpaired) electrons. The molecule has 2 aliphatic rings. The molecule has 35 heavy (non-hydrogen) atoms. The fourth-order valence-corrected chi connectivity index (χ4v) is 5.09. The lowest BCUT2D eigenvalue weighted by Gasteiger charge is -2.32. The molecular formula is C28H27N3O4. The first-order valence-electron chi connectivity index (χ1n) is 12.1. The Morgan fingerprint density at radius 3 is 2.71 bits per heavy atom. The first-order chi connectivity index (χ1) is 17.0. The Balaban J connectivity index is 1.44. The third kappa shape index (κ3) is 4.44. The number of allylic oxidation sites excluding steroid dienone is 1. The van der Waals surface area contributed by atoms with Crippen molar-refractivity contribution >= 4 is 34.4 Å². The quantitative estimate of drug-likeness (QED) is 0.515. The highest BCUT2D eigenvalue weighted by Gasteiger charge is 2.36. The number of carbonyl (C=O) groups is 2. The molecule has 1 amide bonds. The molecule has 3 aromatic rings. The maximum atomic E-state index is 13.5. The molecule has 7 heteroatoms. The van der Waals surface area contributed by atoms with E-state index in [9.17, 15) is 14.9 Å². The van der Waals surface area contributed by atoms with Crippen LogP contribution in [0, 0.1) is 11.3 Å². The molecule has 7 nitrogen and oxygen atoms in total. The third-order valence-electron chi connectivity index (χ3n) is 6.94. The third-order valence-corrected chi connectivity index (χ3v) is 6.94. The molecule has 0 bridgehead atoms. The molecule has 5 rings (SSSR count). The second-order valence-electron chi connectivity index (χ2n) is 9.31. The summed E-state index contributed by atoms with van der Waals surface area (Å²) in [5.41, 5.74) is 2.82. The van der Waals surface area contributed by atoms with Gasteiger partial charge in [0.1, 0.15) is 11.3 Å². The van der Waals surface area contributed by atoms with Crippen LogP contribution in [0.1, 0.15) is 72.8 Å². The minimum Gasteiger partial charge on any atom is -0.465 e. The van der Waals surface area contributed by atoms with Gasteiger partial charge in [0.2, 0.25) is 0 Å². The van der Waals surface area contributed by atoms with Gasteiger partial charge in [0, 0.05) is 5.39 Å². The van der Waals surface area contributed by atoms with Crippen molar-refractivity contribution in [2.24, 2.45) is 0 Å². The van der Waals surface area contributed by atoms with Gasteiger partial charge in [-0.15, -0.1) is 0 Å².